The van der Waals surface area contributed by atoms with E-state index in [1.165, 1.54) is 37.7 Å². The van der Waals surface area contributed by atoms with Crippen molar-refractivity contribution in [2.75, 3.05) is 32.8 Å². The van der Waals surface area contributed by atoms with E-state index in [-0.39, 0.29) is 6.09 Å². The Morgan fingerprint density at radius 1 is 1.00 bits per heavy atom. The van der Waals surface area contributed by atoms with Gasteiger partial charge >= 0.3 is 6.09 Å². The summed E-state index contributed by atoms with van der Waals surface area (Å²) in [5.74, 6) is 0.590. The summed E-state index contributed by atoms with van der Waals surface area (Å²) >= 11 is 0. The van der Waals surface area contributed by atoms with Crippen molar-refractivity contribution in [1.82, 2.24) is 9.80 Å². The van der Waals surface area contributed by atoms with Crippen molar-refractivity contribution in [1.29, 1.82) is 0 Å². The number of amides is 1. The third-order valence-electron chi connectivity index (χ3n) is 5.05. The number of benzene rings is 1. The van der Waals surface area contributed by atoms with Crippen molar-refractivity contribution < 1.29 is 9.53 Å². The van der Waals surface area contributed by atoms with Crippen LogP contribution in [-0.4, -0.2) is 48.7 Å². The highest BCUT2D eigenvalue weighted by Crippen LogP contribution is 2.24. The number of hydrogen-bond acceptors (Lipinski definition) is 3. The molecule has 3 rings (SSSR count). The molecule has 0 radical (unpaired) electrons. The van der Waals surface area contributed by atoms with Gasteiger partial charge in [-0.3, -0.25) is 4.90 Å². The monoisotopic (exact) mass is 346 g/mol. The summed E-state index contributed by atoms with van der Waals surface area (Å²) in [5.41, 5.74) is 1.33. The molecule has 0 unspecified atom stereocenters. The van der Waals surface area contributed by atoms with E-state index in [1.807, 2.05) is 24.8 Å². The zero-order valence-electron chi connectivity index (χ0n) is 16.0. The van der Waals surface area contributed by atoms with Crippen LogP contribution in [0.15, 0.2) is 30.3 Å². The Labute approximate surface area is 153 Å². The van der Waals surface area contributed by atoms with Gasteiger partial charge in [0.1, 0.15) is 0 Å². The van der Waals surface area contributed by atoms with Gasteiger partial charge in [0.05, 0.1) is 6.61 Å². The van der Waals surface area contributed by atoms with E-state index in [1.54, 1.807) is 0 Å². The molecule has 1 aromatic carbocycles. The highest BCUT2D eigenvalue weighted by molar-refractivity contribution is 5.67. The molecule has 1 saturated carbocycles. The van der Waals surface area contributed by atoms with E-state index in [2.05, 4.69) is 29.2 Å². The van der Waals surface area contributed by atoms with Crippen molar-refractivity contribution in [2.24, 2.45) is 5.92 Å². The molecule has 0 bridgehead atoms. The molecule has 0 atom stereocenters. The van der Waals surface area contributed by atoms with Crippen LogP contribution < -0.4 is 0 Å². The number of piperazine rings is 1. The molecule has 1 heterocycles. The molecular weight excluding hydrogens is 312 g/mol. The van der Waals surface area contributed by atoms with Crippen LogP contribution in [0.4, 0.5) is 4.79 Å². The van der Waals surface area contributed by atoms with E-state index in [9.17, 15) is 4.79 Å². The quantitative estimate of drug-likeness (QED) is 0.802. The highest BCUT2D eigenvalue weighted by atomic mass is 16.6. The van der Waals surface area contributed by atoms with Gasteiger partial charge in [-0.2, -0.15) is 0 Å². The molecule has 25 heavy (non-hydrogen) atoms. The van der Waals surface area contributed by atoms with Crippen LogP contribution in [0.5, 0.6) is 0 Å². The average Bonchev–Trinajstić information content (AvgIpc) is 2.70. The first-order valence-electron chi connectivity index (χ1n) is 9.99. The molecule has 0 N–H and O–H groups in total. The topological polar surface area (TPSA) is 32.8 Å². The zero-order chi connectivity index (χ0) is 17.9. The summed E-state index contributed by atoms with van der Waals surface area (Å²) in [7, 11) is 0. The number of rotatable bonds is 4. The zero-order valence-corrected chi connectivity index (χ0v) is 16.0. The minimum absolute atomic E-state index is 0.116. The molecule has 1 aromatic rings. The fourth-order valence-corrected chi connectivity index (χ4v) is 3.56. The molecule has 1 aliphatic heterocycles. The molecule has 2 aliphatic rings. The molecule has 1 amide bonds. The van der Waals surface area contributed by atoms with E-state index in [0.29, 0.717) is 12.5 Å². The van der Waals surface area contributed by atoms with Crippen molar-refractivity contribution in [3.63, 3.8) is 0 Å². The van der Waals surface area contributed by atoms with Gasteiger partial charge in [-0.15, -0.1) is 0 Å². The maximum Gasteiger partial charge on any atom is 0.409 e. The van der Waals surface area contributed by atoms with Crippen molar-refractivity contribution in [3.8, 4) is 0 Å². The third kappa shape index (κ3) is 6.69. The van der Waals surface area contributed by atoms with Gasteiger partial charge in [0.2, 0.25) is 0 Å². The maximum atomic E-state index is 12.2. The molecule has 140 valence electrons. The molecule has 1 aliphatic carbocycles. The van der Waals surface area contributed by atoms with Gasteiger partial charge in [-0.05, 0) is 24.3 Å². The van der Waals surface area contributed by atoms with Crippen LogP contribution in [0.25, 0.3) is 0 Å². The summed E-state index contributed by atoms with van der Waals surface area (Å²) in [6, 6.07) is 10.5. The van der Waals surface area contributed by atoms with Crippen LogP contribution in [0.2, 0.25) is 0 Å². The van der Waals surface area contributed by atoms with Crippen molar-refractivity contribution in [2.45, 2.75) is 52.5 Å². The van der Waals surface area contributed by atoms with Crippen LogP contribution in [0, 0.1) is 5.92 Å². The van der Waals surface area contributed by atoms with Gasteiger partial charge in [-0.25, -0.2) is 4.79 Å². The largest absolute Gasteiger partial charge is 0.449 e. The first-order chi connectivity index (χ1) is 12.3. The Balaban J connectivity index is 0.00000109. The Morgan fingerprint density at radius 3 is 2.28 bits per heavy atom. The smallest absolute Gasteiger partial charge is 0.409 e. The summed E-state index contributed by atoms with van der Waals surface area (Å²) in [5, 5.41) is 0. The second-order valence-electron chi connectivity index (χ2n) is 6.83. The molecule has 1 saturated heterocycles. The molecule has 4 heteroatoms. The van der Waals surface area contributed by atoms with Crippen molar-refractivity contribution >= 4 is 6.09 Å². The minimum Gasteiger partial charge on any atom is -0.449 e. The SMILES string of the molecule is CC.O=C(OCC1CCCCC1)N1CCN(Cc2ccccc2)CC1. The third-order valence-corrected chi connectivity index (χ3v) is 5.05. The van der Waals surface area contributed by atoms with Crippen LogP contribution in [-0.2, 0) is 11.3 Å². The molecule has 0 spiro atoms. The number of hydrogen-bond donors (Lipinski definition) is 0. The van der Waals surface area contributed by atoms with Crippen LogP contribution >= 0.6 is 0 Å². The lowest BCUT2D eigenvalue weighted by atomic mass is 9.90. The Hall–Kier alpha value is -1.55. The van der Waals surface area contributed by atoms with Gasteiger partial charge in [0, 0.05) is 32.7 Å². The second kappa shape index (κ2) is 11.1. The van der Waals surface area contributed by atoms with E-state index < -0.39 is 0 Å². The van der Waals surface area contributed by atoms with Gasteiger partial charge in [0.15, 0.2) is 0 Å². The van der Waals surface area contributed by atoms with E-state index in [0.717, 1.165) is 32.7 Å². The van der Waals surface area contributed by atoms with E-state index >= 15 is 0 Å². The van der Waals surface area contributed by atoms with E-state index in [4.69, 9.17) is 4.74 Å². The highest BCUT2D eigenvalue weighted by Gasteiger charge is 2.23. The molecule has 0 aromatic heterocycles. The number of nitrogens with zero attached hydrogens (tertiary/aromatic N) is 2. The summed E-state index contributed by atoms with van der Waals surface area (Å²) < 4.78 is 5.54. The first-order valence-corrected chi connectivity index (χ1v) is 9.99. The fraction of sp³-hybridized carbons (Fsp3) is 0.667. The number of ether oxygens (including phenoxy) is 1. The average molecular weight is 347 g/mol. The Morgan fingerprint density at radius 2 is 1.64 bits per heavy atom. The first kappa shape index (κ1) is 19.8. The standard InChI is InChI=1S/C19H28N2O2.C2H6/c22-19(23-16-18-9-5-2-6-10-18)21-13-11-20(12-14-21)15-17-7-3-1-4-8-17;1-2/h1,3-4,7-8,18H,2,5-6,9-16H2;1-2H3. The number of carbonyl (C=O) groups excluding carboxylic acids is 1. The summed E-state index contributed by atoms with van der Waals surface area (Å²) in [6.07, 6.45) is 6.25. The minimum atomic E-state index is -0.116. The van der Waals surface area contributed by atoms with Gasteiger partial charge < -0.3 is 9.64 Å². The second-order valence-corrected chi connectivity index (χ2v) is 6.83. The predicted molar refractivity (Wildman–Crippen MR) is 103 cm³/mol. The number of carbonyl (C=O) groups is 1. The lowest BCUT2D eigenvalue weighted by molar-refractivity contribution is 0.0598. The molecule has 2 fully saturated rings. The Bertz CT molecular complexity index is 478. The van der Waals surface area contributed by atoms with Crippen LogP contribution in [0.1, 0.15) is 51.5 Å². The molecular formula is C21H34N2O2. The molecule has 4 nitrogen and oxygen atoms in total. The van der Waals surface area contributed by atoms with Gasteiger partial charge in [-0.1, -0.05) is 63.4 Å². The van der Waals surface area contributed by atoms with Crippen molar-refractivity contribution in [3.05, 3.63) is 35.9 Å². The Kier molecular flexibility index (Phi) is 8.81. The van der Waals surface area contributed by atoms with Crippen LogP contribution in [0.3, 0.4) is 0 Å². The lowest BCUT2D eigenvalue weighted by Crippen LogP contribution is -2.48. The summed E-state index contributed by atoms with van der Waals surface area (Å²) in [4.78, 5) is 16.5. The fourth-order valence-electron chi connectivity index (χ4n) is 3.56. The maximum absolute atomic E-state index is 12.2. The lowest BCUT2D eigenvalue weighted by Gasteiger charge is -2.34. The summed E-state index contributed by atoms with van der Waals surface area (Å²) in [6.45, 7) is 8.97. The predicted octanol–water partition coefficient (Wildman–Crippen LogP) is 4.55. The van der Waals surface area contributed by atoms with Gasteiger partial charge in [0.25, 0.3) is 0 Å². The normalized spacial score (nSPS) is 19.0.